The molecule has 1 atom stereocenters. The van der Waals surface area contributed by atoms with Gasteiger partial charge in [-0.2, -0.15) is 0 Å². The van der Waals surface area contributed by atoms with Crippen LogP contribution in [0.1, 0.15) is 54.9 Å². The van der Waals surface area contributed by atoms with Crippen molar-refractivity contribution in [3.05, 3.63) is 70.8 Å². The van der Waals surface area contributed by atoms with E-state index in [2.05, 4.69) is 81.1 Å². The quantitative estimate of drug-likeness (QED) is 0.659. The highest BCUT2D eigenvalue weighted by atomic mass is 14.1. The van der Waals surface area contributed by atoms with Gasteiger partial charge in [0.05, 0.1) is 0 Å². The van der Waals surface area contributed by atoms with E-state index in [1.54, 1.807) is 0 Å². The Labute approximate surface area is 122 Å². The third kappa shape index (κ3) is 4.00. The van der Waals surface area contributed by atoms with Crippen LogP contribution in [0.2, 0.25) is 0 Å². The van der Waals surface area contributed by atoms with E-state index in [0.29, 0.717) is 5.92 Å². The lowest BCUT2D eigenvalue weighted by Gasteiger charge is -2.09. The molecule has 0 aliphatic carbocycles. The summed E-state index contributed by atoms with van der Waals surface area (Å²) < 4.78 is 0. The zero-order valence-corrected chi connectivity index (χ0v) is 12.6. The van der Waals surface area contributed by atoms with E-state index in [9.17, 15) is 0 Å². The molecule has 0 spiro atoms. The van der Waals surface area contributed by atoms with Crippen LogP contribution in [-0.2, 0) is 0 Å². The smallest absolute Gasteiger partial charge is 0.0249 e. The summed E-state index contributed by atoms with van der Waals surface area (Å²) in [7, 11) is 0. The molecule has 0 nitrogen and oxygen atoms in total. The van der Waals surface area contributed by atoms with Crippen LogP contribution in [0.15, 0.2) is 48.5 Å². The van der Waals surface area contributed by atoms with Crippen LogP contribution in [0.3, 0.4) is 0 Å². The van der Waals surface area contributed by atoms with Crippen LogP contribution in [0, 0.1) is 18.8 Å². The van der Waals surface area contributed by atoms with Crippen molar-refractivity contribution in [3.8, 4) is 11.8 Å². The molecule has 0 saturated carbocycles. The topological polar surface area (TPSA) is 0 Å². The maximum Gasteiger partial charge on any atom is 0.0249 e. The van der Waals surface area contributed by atoms with E-state index in [1.165, 1.54) is 24.0 Å². The second-order valence-corrected chi connectivity index (χ2v) is 5.43. The van der Waals surface area contributed by atoms with Crippen LogP contribution in [0.5, 0.6) is 0 Å². The molecule has 2 aromatic carbocycles. The summed E-state index contributed by atoms with van der Waals surface area (Å²) in [5.41, 5.74) is 4.83. The molecule has 0 heteroatoms. The third-order valence-corrected chi connectivity index (χ3v) is 3.60. The Balaban J connectivity index is 2.09. The Hall–Kier alpha value is -2.00. The molecule has 0 aliphatic rings. The van der Waals surface area contributed by atoms with Crippen molar-refractivity contribution >= 4 is 0 Å². The van der Waals surface area contributed by atoms with Gasteiger partial charge in [-0.15, -0.1) is 0 Å². The Kier molecular flexibility index (Phi) is 5.02. The second kappa shape index (κ2) is 6.96. The maximum absolute atomic E-state index is 3.23. The van der Waals surface area contributed by atoms with Gasteiger partial charge in [0, 0.05) is 11.1 Å². The molecule has 0 N–H and O–H groups in total. The Morgan fingerprint density at radius 1 is 0.850 bits per heavy atom. The first kappa shape index (κ1) is 14.4. The molecule has 0 amide bonds. The number of benzene rings is 2. The largest absolute Gasteiger partial charge is 0.0654 e. The Morgan fingerprint density at radius 2 is 1.35 bits per heavy atom. The van der Waals surface area contributed by atoms with Crippen LogP contribution >= 0.6 is 0 Å². The molecule has 0 aliphatic heterocycles. The molecule has 0 saturated heterocycles. The molecule has 20 heavy (non-hydrogen) atoms. The summed E-state index contributed by atoms with van der Waals surface area (Å²) in [6.45, 7) is 6.61. The predicted molar refractivity (Wildman–Crippen MR) is 86.9 cm³/mol. The van der Waals surface area contributed by atoms with Crippen LogP contribution in [0.4, 0.5) is 0 Å². The van der Waals surface area contributed by atoms with E-state index >= 15 is 0 Å². The highest BCUT2D eigenvalue weighted by Gasteiger charge is 2.03. The van der Waals surface area contributed by atoms with Gasteiger partial charge in [0.15, 0.2) is 0 Å². The average molecular weight is 262 g/mol. The minimum Gasteiger partial charge on any atom is -0.0654 e. The monoisotopic (exact) mass is 262 g/mol. The maximum atomic E-state index is 3.23. The molecule has 0 bridgehead atoms. The summed E-state index contributed by atoms with van der Waals surface area (Å²) in [6.07, 6.45) is 2.48. The summed E-state index contributed by atoms with van der Waals surface area (Å²) in [5.74, 6) is 7.08. The SMILES string of the molecule is CCCC(C)c1ccc(C#Cc2ccc(C)cc2)cc1. The number of hydrogen-bond donors (Lipinski definition) is 0. The summed E-state index contributed by atoms with van der Waals surface area (Å²) in [5, 5.41) is 0. The number of hydrogen-bond acceptors (Lipinski definition) is 0. The normalized spacial score (nSPS) is 11.6. The average Bonchev–Trinajstić information content (AvgIpc) is 2.47. The fourth-order valence-electron chi connectivity index (χ4n) is 2.28. The lowest BCUT2D eigenvalue weighted by Crippen LogP contribution is -1.92. The second-order valence-electron chi connectivity index (χ2n) is 5.43. The van der Waals surface area contributed by atoms with Crippen LogP contribution in [0.25, 0.3) is 0 Å². The highest BCUT2D eigenvalue weighted by Crippen LogP contribution is 2.20. The first-order valence-electron chi connectivity index (χ1n) is 7.37. The minimum absolute atomic E-state index is 0.638. The first-order chi connectivity index (χ1) is 9.69. The van der Waals surface area contributed by atoms with Gasteiger partial charge in [-0.25, -0.2) is 0 Å². The van der Waals surface area contributed by atoms with Gasteiger partial charge in [0.2, 0.25) is 0 Å². The van der Waals surface area contributed by atoms with Crippen molar-refractivity contribution < 1.29 is 0 Å². The Morgan fingerprint density at radius 3 is 1.85 bits per heavy atom. The molecular formula is C20H22. The molecule has 102 valence electrons. The van der Waals surface area contributed by atoms with Crippen molar-refractivity contribution in [1.82, 2.24) is 0 Å². The van der Waals surface area contributed by atoms with Crippen LogP contribution in [-0.4, -0.2) is 0 Å². The highest BCUT2D eigenvalue weighted by molar-refractivity contribution is 5.44. The van der Waals surface area contributed by atoms with Gasteiger partial charge in [0.25, 0.3) is 0 Å². The lowest BCUT2D eigenvalue weighted by atomic mass is 9.96. The summed E-state index contributed by atoms with van der Waals surface area (Å²) in [6, 6.07) is 17.0. The fourth-order valence-corrected chi connectivity index (χ4v) is 2.28. The molecule has 2 rings (SSSR count). The van der Waals surface area contributed by atoms with Crippen molar-refractivity contribution in [2.24, 2.45) is 0 Å². The standard InChI is InChI=1S/C20H22/c1-4-5-17(3)20-14-12-19(13-15-20)11-10-18-8-6-16(2)7-9-18/h6-9,12-15,17H,4-5H2,1-3H3. The van der Waals surface area contributed by atoms with E-state index in [4.69, 9.17) is 0 Å². The molecule has 2 aromatic rings. The minimum atomic E-state index is 0.638. The van der Waals surface area contributed by atoms with Crippen LogP contribution < -0.4 is 0 Å². The molecule has 0 heterocycles. The van der Waals surface area contributed by atoms with Gasteiger partial charge >= 0.3 is 0 Å². The van der Waals surface area contributed by atoms with E-state index < -0.39 is 0 Å². The van der Waals surface area contributed by atoms with Crippen molar-refractivity contribution in [3.63, 3.8) is 0 Å². The van der Waals surface area contributed by atoms with Gasteiger partial charge in [-0.1, -0.05) is 61.9 Å². The molecule has 0 fully saturated rings. The summed E-state index contributed by atoms with van der Waals surface area (Å²) >= 11 is 0. The zero-order chi connectivity index (χ0) is 14.4. The molecule has 0 radical (unpaired) electrons. The first-order valence-corrected chi connectivity index (χ1v) is 7.37. The van der Waals surface area contributed by atoms with E-state index in [0.717, 1.165) is 11.1 Å². The summed E-state index contributed by atoms with van der Waals surface area (Å²) in [4.78, 5) is 0. The third-order valence-electron chi connectivity index (χ3n) is 3.60. The van der Waals surface area contributed by atoms with E-state index in [1.807, 2.05) is 0 Å². The van der Waals surface area contributed by atoms with E-state index in [-0.39, 0.29) is 0 Å². The van der Waals surface area contributed by atoms with Crippen molar-refractivity contribution in [1.29, 1.82) is 0 Å². The molecular weight excluding hydrogens is 240 g/mol. The zero-order valence-electron chi connectivity index (χ0n) is 12.6. The number of aryl methyl sites for hydroxylation is 1. The van der Waals surface area contributed by atoms with Gasteiger partial charge in [-0.05, 0) is 49.1 Å². The van der Waals surface area contributed by atoms with Gasteiger partial charge < -0.3 is 0 Å². The van der Waals surface area contributed by atoms with Crippen molar-refractivity contribution in [2.75, 3.05) is 0 Å². The van der Waals surface area contributed by atoms with Crippen molar-refractivity contribution in [2.45, 2.75) is 39.5 Å². The number of rotatable bonds is 3. The van der Waals surface area contributed by atoms with Gasteiger partial charge in [0.1, 0.15) is 0 Å². The fraction of sp³-hybridized carbons (Fsp3) is 0.300. The Bertz CT molecular complexity index is 591. The predicted octanol–water partition coefficient (Wildman–Crippen LogP) is 5.30. The lowest BCUT2D eigenvalue weighted by molar-refractivity contribution is 0.665. The molecule has 0 aromatic heterocycles. The van der Waals surface area contributed by atoms with Gasteiger partial charge in [-0.3, -0.25) is 0 Å². The molecule has 1 unspecified atom stereocenters.